The summed E-state index contributed by atoms with van der Waals surface area (Å²) in [6.07, 6.45) is 2.67. The SMILES string of the molecule is CCNC(=NCC(C)(C)N1CCOCC1)NCCCN1CCCC1=O.I. The number of likely N-dealkylation sites (tertiary alicyclic amines) is 1. The normalized spacial score (nSPS) is 19.4. The van der Waals surface area contributed by atoms with Crippen molar-refractivity contribution in [3.63, 3.8) is 0 Å². The summed E-state index contributed by atoms with van der Waals surface area (Å²) in [5.41, 5.74) is 0.0219. The van der Waals surface area contributed by atoms with Crippen LogP contribution in [0.2, 0.25) is 0 Å². The number of hydrogen-bond acceptors (Lipinski definition) is 4. The molecule has 0 spiro atoms. The van der Waals surface area contributed by atoms with Gasteiger partial charge >= 0.3 is 0 Å². The van der Waals surface area contributed by atoms with E-state index in [4.69, 9.17) is 9.73 Å². The number of carbonyl (C=O) groups is 1. The number of halogens is 1. The zero-order valence-corrected chi connectivity index (χ0v) is 18.9. The summed E-state index contributed by atoms with van der Waals surface area (Å²) in [4.78, 5) is 20.8. The first-order valence-electron chi connectivity index (χ1n) is 9.65. The Morgan fingerprint density at radius 3 is 2.58 bits per heavy atom. The Bertz CT molecular complexity index is 453. The molecule has 0 saturated carbocycles. The van der Waals surface area contributed by atoms with Crippen molar-refractivity contribution in [1.82, 2.24) is 20.4 Å². The summed E-state index contributed by atoms with van der Waals surface area (Å²) < 4.78 is 5.44. The van der Waals surface area contributed by atoms with Gasteiger partial charge in [-0.3, -0.25) is 14.7 Å². The Morgan fingerprint density at radius 1 is 1.23 bits per heavy atom. The van der Waals surface area contributed by atoms with Gasteiger partial charge in [0.25, 0.3) is 0 Å². The van der Waals surface area contributed by atoms with E-state index in [1.54, 1.807) is 0 Å². The van der Waals surface area contributed by atoms with E-state index in [-0.39, 0.29) is 29.5 Å². The average molecular weight is 481 g/mol. The van der Waals surface area contributed by atoms with Gasteiger partial charge in [0.15, 0.2) is 5.96 Å². The van der Waals surface area contributed by atoms with Gasteiger partial charge in [-0.1, -0.05) is 0 Å². The van der Waals surface area contributed by atoms with Crippen molar-refractivity contribution >= 4 is 35.8 Å². The molecule has 8 heteroatoms. The molecule has 2 fully saturated rings. The lowest BCUT2D eigenvalue weighted by molar-refractivity contribution is -0.127. The van der Waals surface area contributed by atoms with E-state index in [2.05, 4.69) is 36.3 Å². The topological polar surface area (TPSA) is 69.2 Å². The van der Waals surface area contributed by atoms with E-state index in [9.17, 15) is 4.79 Å². The predicted octanol–water partition coefficient (Wildman–Crippen LogP) is 1.28. The lowest BCUT2D eigenvalue weighted by Crippen LogP contribution is -2.52. The molecule has 0 unspecified atom stereocenters. The van der Waals surface area contributed by atoms with Crippen LogP contribution in [-0.4, -0.2) is 86.2 Å². The molecule has 2 aliphatic rings. The van der Waals surface area contributed by atoms with Gasteiger partial charge in [-0.2, -0.15) is 0 Å². The molecule has 152 valence electrons. The van der Waals surface area contributed by atoms with Crippen LogP contribution in [0.15, 0.2) is 4.99 Å². The molecule has 0 atom stereocenters. The third-order valence-corrected chi connectivity index (χ3v) is 4.90. The van der Waals surface area contributed by atoms with Crippen LogP contribution in [0.4, 0.5) is 0 Å². The number of morpholine rings is 1. The molecule has 2 aliphatic heterocycles. The predicted molar refractivity (Wildman–Crippen MR) is 116 cm³/mol. The van der Waals surface area contributed by atoms with Crippen LogP contribution in [0.5, 0.6) is 0 Å². The van der Waals surface area contributed by atoms with Crippen molar-refractivity contribution in [1.29, 1.82) is 0 Å². The standard InChI is InChI=1S/C18H35N5O2.HI/c1-4-19-17(20-8-6-10-22-9-5-7-16(22)24)21-15-18(2,3)23-11-13-25-14-12-23;/h4-15H2,1-3H3,(H2,19,20,21);1H. The zero-order valence-electron chi connectivity index (χ0n) is 16.6. The zero-order chi connectivity index (χ0) is 18.1. The molecular weight excluding hydrogens is 445 g/mol. The maximum absolute atomic E-state index is 11.6. The fraction of sp³-hybridized carbons (Fsp3) is 0.889. The van der Waals surface area contributed by atoms with E-state index >= 15 is 0 Å². The Labute approximate surface area is 175 Å². The first-order valence-corrected chi connectivity index (χ1v) is 9.65. The number of rotatable bonds is 8. The van der Waals surface area contributed by atoms with Crippen LogP contribution in [0.1, 0.15) is 40.0 Å². The summed E-state index contributed by atoms with van der Waals surface area (Å²) in [6.45, 7) is 14.3. The molecule has 2 rings (SSSR count). The number of amides is 1. The molecule has 26 heavy (non-hydrogen) atoms. The fourth-order valence-corrected chi connectivity index (χ4v) is 3.30. The van der Waals surface area contributed by atoms with E-state index < -0.39 is 0 Å². The van der Waals surface area contributed by atoms with Gasteiger partial charge in [0, 0.05) is 51.2 Å². The lowest BCUT2D eigenvalue weighted by atomic mass is 10.0. The van der Waals surface area contributed by atoms with Crippen molar-refractivity contribution in [3.8, 4) is 0 Å². The third kappa shape index (κ3) is 7.56. The van der Waals surface area contributed by atoms with E-state index in [0.717, 1.165) is 77.8 Å². The molecule has 7 nitrogen and oxygen atoms in total. The molecule has 2 N–H and O–H groups in total. The highest BCUT2D eigenvalue weighted by atomic mass is 127. The highest BCUT2D eigenvalue weighted by molar-refractivity contribution is 14.0. The minimum absolute atomic E-state index is 0. The number of hydrogen-bond donors (Lipinski definition) is 2. The Hall–Kier alpha value is -0.610. The molecule has 0 aromatic heterocycles. The first-order chi connectivity index (χ1) is 12.0. The minimum Gasteiger partial charge on any atom is -0.379 e. The summed E-state index contributed by atoms with van der Waals surface area (Å²) in [5, 5.41) is 6.70. The molecule has 0 aliphatic carbocycles. The van der Waals surface area contributed by atoms with Crippen LogP contribution < -0.4 is 10.6 Å². The van der Waals surface area contributed by atoms with Crippen molar-refractivity contribution in [2.24, 2.45) is 4.99 Å². The highest BCUT2D eigenvalue weighted by Gasteiger charge is 2.28. The summed E-state index contributed by atoms with van der Waals surface area (Å²) >= 11 is 0. The number of carbonyl (C=O) groups excluding carboxylic acids is 1. The Balaban J connectivity index is 0.00000338. The first kappa shape index (κ1) is 23.4. The molecule has 0 aromatic carbocycles. The lowest BCUT2D eigenvalue weighted by Gasteiger charge is -2.39. The van der Waals surface area contributed by atoms with Gasteiger partial charge in [-0.25, -0.2) is 0 Å². The number of aliphatic imine (C=N–C) groups is 1. The second kappa shape index (κ2) is 12.0. The van der Waals surface area contributed by atoms with Crippen molar-refractivity contribution < 1.29 is 9.53 Å². The Kier molecular flexibility index (Phi) is 10.8. The number of ether oxygens (including phenoxy) is 1. The van der Waals surface area contributed by atoms with E-state index in [1.807, 2.05) is 4.90 Å². The van der Waals surface area contributed by atoms with Crippen LogP contribution in [0.25, 0.3) is 0 Å². The summed E-state index contributed by atoms with van der Waals surface area (Å²) in [6, 6.07) is 0. The highest BCUT2D eigenvalue weighted by Crippen LogP contribution is 2.16. The van der Waals surface area contributed by atoms with Crippen LogP contribution in [0, 0.1) is 0 Å². The van der Waals surface area contributed by atoms with Gasteiger partial charge in [0.1, 0.15) is 0 Å². The smallest absolute Gasteiger partial charge is 0.222 e. The molecular formula is C18H36IN5O2. The second-order valence-electron chi connectivity index (χ2n) is 7.37. The molecule has 2 heterocycles. The molecule has 0 aromatic rings. The van der Waals surface area contributed by atoms with Gasteiger partial charge in [0.2, 0.25) is 5.91 Å². The minimum atomic E-state index is 0. The van der Waals surface area contributed by atoms with Crippen molar-refractivity contribution in [2.45, 2.75) is 45.6 Å². The Morgan fingerprint density at radius 2 is 1.96 bits per heavy atom. The van der Waals surface area contributed by atoms with Crippen molar-refractivity contribution in [3.05, 3.63) is 0 Å². The van der Waals surface area contributed by atoms with Gasteiger partial charge in [-0.05, 0) is 33.6 Å². The monoisotopic (exact) mass is 481 g/mol. The van der Waals surface area contributed by atoms with Crippen LogP contribution >= 0.6 is 24.0 Å². The maximum Gasteiger partial charge on any atom is 0.222 e. The average Bonchev–Trinajstić information content (AvgIpc) is 3.02. The molecule has 2 saturated heterocycles. The largest absolute Gasteiger partial charge is 0.379 e. The van der Waals surface area contributed by atoms with Gasteiger partial charge in [0.05, 0.1) is 19.8 Å². The van der Waals surface area contributed by atoms with Gasteiger partial charge in [-0.15, -0.1) is 24.0 Å². The summed E-state index contributed by atoms with van der Waals surface area (Å²) in [5.74, 6) is 1.16. The van der Waals surface area contributed by atoms with E-state index in [1.165, 1.54) is 0 Å². The van der Waals surface area contributed by atoms with Crippen LogP contribution in [0.3, 0.4) is 0 Å². The fourth-order valence-electron chi connectivity index (χ4n) is 3.30. The maximum atomic E-state index is 11.6. The van der Waals surface area contributed by atoms with Crippen LogP contribution in [-0.2, 0) is 9.53 Å². The number of guanidine groups is 1. The molecule has 1 amide bonds. The third-order valence-electron chi connectivity index (χ3n) is 4.90. The molecule has 0 bridgehead atoms. The summed E-state index contributed by atoms with van der Waals surface area (Å²) in [7, 11) is 0. The number of nitrogens with zero attached hydrogens (tertiary/aromatic N) is 3. The molecule has 0 radical (unpaired) electrons. The quantitative estimate of drug-likeness (QED) is 0.237. The van der Waals surface area contributed by atoms with E-state index in [0.29, 0.717) is 12.3 Å². The van der Waals surface area contributed by atoms with Crippen molar-refractivity contribution in [2.75, 3.05) is 59.0 Å². The second-order valence-corrected chi connectivity index (χ2v) is 7.37. The van der Waals surface area contributed by atoms with Gasteiger partial charge < -0.3 is 20.3 Å². The number of nitrogens with one attached hydrogen (secondary N) is 2.